The van der Waals surface area contributed by atoms with Gasteiger partial charge in [0.2, 0.25) is 0 Å². The molecule has 0 aliphatic heterocycles. The topological polar surface area (TPSA) is 58.2 Å². The first kappa shape index (κ1) is 15.4. The van der Waals surface area contributed by atoms with Crippen LogP contribution in [0.4, 0.5) is 10.5 Å². The molecule has 0 aromatic heterocycles. The first-order valence-electron chi connectivity index (χ1n) is 6.14. The van der Waals surface area contributed by atoms with Gasteiger partial charge in [0, 0.05) is 21.3 Å². The maximum Gasteiger partial charge on any atom is 0.319 e. The summed E-state index contributed by atoms with van der Waals surface area (Å²) in [6.07, 6.45) is 0. The molecule has 6 heteroatoms. The van der Waals surface area contributed by atoms with Crippen LogP contribution < -0.4 is 10.6 Å². The van der Waals surface area contributed by atoms with Crippen molar-refractivity contribution in [2.45, 2.75) is 0 Å². The van der Waals surface area contributed by atoms with Crippen molar-refractivity contribution in [1.82, 2.24) is 5.32 Å². The van der Waals surface area contributed by atoms with E-state index >= 15 is 0 Å². The summed E-state index contributed by atoms with van der Waals surface area (Å²) < 4.78 is 0. The van der Waals surface area contributed by atoms with E-state index in [1.54, 1.807) is 48.5 Å². The molecule has 0 bridgehead atoms. The zero-order chi connectivity index (χ0) is 15.2. The van der Waals surface area contributed by atoms with Crippen LogP contribution in [0.1, 0.15) is 10.4 Å². The van der Waals surface area contributed by atoms with Crippen LogP contribution >= 0.6 is 23.2 Å². The molecule has 21 heavy (non-hydrogen) atoms. The van der Waals surface area contributed by atoms with Crippen LogP contribution in [0.5, 0.6) is 0 Å². The van der Waals surface area contributed by atoms with Crippen molar-refractivity contribution < 1.29 is 9.59 Å². The Morgan fingerprint density at radius 2 is 1.62 bits per heavy atom. The van der Waals surface area contributed by atoms with Gasteiger partial charge in [0.05, 0.1) is 6.54 Å². The monoisotopic (exact) mass is 322 g/mol. The first-order valence-corrected chi connectivity index (χ1v) is 6.89. The van der Waals surface area contributed by atoms with Crippen LogP contribution in [-0.4, -0.2) is 18.4 Å². The van der Waals surface area contributed by atoms with Gasteiger partial charge in [0.1, 0.15) is 0 Å². The number of halogens is 2. The van der Waals surface area contributed by atoms with Gasteiger partial charge in [-0.2, -0.15) is 0 Å². The highest BCUT2D eigenvalue weighted by Crippen LogP contribution is 2.14. The molecule has 0 saturated carbocycles. The number of rotatable bonds is 4. The summed E-state index contributed by atoms with van der Waals surface area (Å²) in [7, 11) is 0. The zero-order valence-electron chi connectivity index (χ0n) is 10.9. The van der Waals surface area contributed by atoms with E-state index in [9.17, 15) is 9.59 Å². The quantitative estimate of drug-likeness (QED) is 0.836. The number of Topliss-reactive ketones (excluding diaryl/α,β-unsaturated/α-hetero) is 1. The van der Waals surface area contributed by atoms with Crippen molar-refractivity contribution >= 4 is 40.7 Å². The van der Waals surface area contributed by atoms with Crippen LogP contribution in [0.3, 0.4) is 0 Å². The van der Waals surface area contributed by atoms with Gasteiger partial charge < -0.3 is 10.6 Å². The summed E-state index contributed by atoms with van der Waals surface area (Å²) >= 11 is 11.6. The predicted molar refractivity (Wildman–Crippen MR) is 84.3 cm³/mol. The van der Waals surface area contributed by atoms with Gasteiger partial charge in [-0.1, -0.05) is 41.4 Å². The Morgan fingerprint density at radius 3 is 2.29 bits per heavy atom. The van der Waals surface area contributed by atoms with Gasteiger partial charge in [-0.15, -0.1) is 0 Å². The Balaban J connectivity index is 1.88. The highest BCUT2D eigenvalue weighted by atomic mass is 35.5. The lowest BCUT2D eigenvalue weighted by molar-refractivity contribution is 0.0993. The van der Waals surface area contributed by atoms with Crippen LogP contribution in [0.2, 0.25) is 10.0 Å². The highest BCUT2D eigenvalue weighted by Gasteiger charge is 2.08. The van der Waals surface area contributed by atoms with E-state index in [0.717, 1.165) is 0 Å². The number of benzene rings is 2. The van der Waals surface area contributed by atoms with Gasteiger partial charge in [-0.05, 0) is 30.3 Å². The molecule has 0 aliphatic carbocycles. The van der Waals surface area contributed by atoms with Crippen molar-refractivity contribution in [1.29, 1.82) is 0 Å². The number of hydrogen-bond acceptors (Lipinski definition) is 2. The minimum atomic E-state index is -0.479. The summed E-state index contributed by atoms with van der Waals surface area (Å²) in [5, 5.41) is 6.06. The molecule has 0 aliphatic rings. The van der Waals surface area contributed by atoms with E-state index in [0.29, 0.717) is 21.3 Å². The Morgan fingerprint density at radius 1 is 0.952 bits per heavy atom. The van der Waals surface area contributed by atoms with Crippen LogP contribution in [0, 0.1) is 0 Å². The van der Waals surface area contributed by atoms with Gasteiger partial charge in [0.25, 0.3) is 0 Å². The largest absolute Gasteiger partial charge is 0.330 e. The average molecular weight is 323 g/mol. The molecule has 0 atom stereocenters. The van der Waals surface area contributed by atoms with Crippen LogP contribution in [0.25, 0.3) is 0 Å². The van der Waals surface area contributed by atoms with E-state index in [1.807, 2.05) is 0 Å². The third-order valence-corrected chi connectivity index (χ3v) is 3.11. The van der Waals surface area contributed by atoms with Gasteiger partial charge in [-0.25, -0.2) is 4.79 Å². The number of carbonyl (C=O) groups excluding carboxylic acids is 2. The van der Waals surface area contributed by atoms with Crippen LogP contribution in [0.15, 0.2) is 48.5 Å². The average Bonchev–Trinajstić information content (AvgIpc) is 2.45. The second kappa shape index (κ2) is 7.11. The van der Waals surface area contributed by atoms with E-state index < -0.39 is 6.03 Å². The molecule has 0 fully saturated rings. The zero-order valence-corrected chi connectivity index (χ0v) is 12.4. The predicted octanol–water partition coefficient (Wildman–Crippen LogP) is 4.00. The second-order valence-corrected chi connectivity index (χ2v) is 5.12. The second-order valence-electron chi connectivity index (χ2n) is 4.25. The van der Waals surface area contributed by atoms with Gasteiger partial charge in [-0.3, -0.25) is 4.79 Å². The van der Waals surface area contributed by atoms with Gasteiger partial charge >= 0.3 is 6.03 Å². The number of hydrogen-bond donors (Lipinski definition) is 2. The molecular weight excluding hydrogens is 311 g/mol. The molecule has 0 saturated heterocycles. The summed E-state index contributed by atoms with van der Waals surface area (Å²) in [6, 6.07) is 12.8. The Hall–Kier alpha value is -2.04. The molecule has 2 N–H and O–H groups in total. The van der Waals surface area contributed by atoms with Crippen molar-refractivity contribution in [3.05, 3.63) is 64.1 Å². The Kier molecular flexibility index (Phi) is 5.20. The minimum absolute atomic E-state index is 0.118. The van der Waals surface area contributed by atoms with Crippen molar-refractivity contribution in [3.63, 3.8) is 0 Å². The Labute approximate surface area is 132 Å². The smallest absolute Gasteiger partial charge is 0.319 e. The fourth-order valence-corrected chi connectivity index (χ4v) is 2.05. The lowest BCUT2D eigenvalue weighted by Gasteiger charge is -2.07. The normalized spacial score (nSPS) is 10.0. The summed E-state index contributed by atoms with van der Waals surface area (Å²) in [4.78, 5) is 23.6. The Bertz CT molecular complexity index is 674. The molecule has 0 unspecified atom stereocenters. The summed E-state index contributed by atoms with van der Waals surface area (Å²) in [5.41, 5.74) is 1.00. The first-order chi connectivity index (χ1) is 10.0. The van der Waals surface area contributed by atoms with Crippen LogP contribution in [-0.2, 0) is 0 Å². The minimum Gasteiger partial charge on any atom is -0.330 e. The standard InChI is InChI=1S/C15H12Cl2N2O2/c16-11-4-1-3-10(7-11)14(20)9-18-15(21)19-13-6-2-5-12(17)8-13/h1-8H,9H2,(H2,18,19,21). The maximum absolute atomic E-state index is 11.9. The molecule has 108 valence electrons. The third-order valence-electron chi connectivity index (χ3n) is 2.64. The van der Waals surface area contributed by atoms with E-state index in [2.05, 4.69) is 10.6 Å². The molecule has 2 amide bonds. The SMILES string of the molecule is O=C(NCC(=O)c1cccc(Cl)c1)Nc1cccc(Cl)c1. The fourth-order valence-electron chi connectivity index (χ4n) is 1.67. The number of urea groups is 1. The number of carbonyl (C=O) groups is 2. The number of anilines is 1. The summed E-state index contributed by atoms with van der Waals surface area (Å²) in [5.74, 6) is -0.223. The van der Waals surface area contributed by atoms with E-state index in [-0.39, 0.29) is 12.3 Å². The van der Waals surface area contributed by atoms with Gasteiger partial charge in [0.15, 0.2) is 5.78 Å². The van der Waals surface area contributed by atoms with E-state index in [4.69, 9.17) is 23.2 Å². The lowest BCUT2D eigenvalue weighted by atomic mass is 10.1. The van der Waals surface area contributed by atoms with Crippen molar-refractivity contribution in [2.24, 2.45) is 0 Å². The molecular formula is C15H12Cl2N2O2. The molecule has 0 radical (unpaired) electrons. The fraction of sp³-hybridized carbons (Fsp3) is 0.0667. The molecule has 4 nitrogen and oxygen atoms in total. The lowest BCUT2D eigenvalue weighted by Crippen LogP contribution is -2.33. The molecule has 0 spiro atoms. The number of nitrogens with one attached hydrogen (secondary N) is 2. The number of amides is 2. The maximum atomic E-state index is 11.9. The third kappa shape index (κ3) is 4.77. The molecule has 2 rings (SSSR count). The van der Waals surface area contributed by atoms with Crippen molar-refractivity contribution in [3.8, 4) is 0 Å². The molecule has 2 aromatic rings. The highest BCUT2D eigenvalue weighted by molar-refractivity contribution is 6.31. The molecule has 0 heterocycles. The van der Waals surface area contributed by atoms with Crippen molar-refractivity contribution in [2.75, 3.05) is 11.9 Å². The van der Waals surface area contributed by atoms with E-state index in [1.165, 1.54) is 0 Å². The molecule has 2 aromatic carbocycles. The summed E-state index contributed by atoms with van der Waals surface area (Å²) in [6.45, 7) is -0.118. The number of ketones is 1.